The van der Waals surface area contributed by atoms with Gasteiger partial charge >= 0.3 is 0 Å². The number of amides is 1. The standard InChI is InChI=1S/C25H23ClN6O3S2/c1-15-5-4-6-18(11-15)14-36-25-27-13-21(26)22(31-25)23(33)30-19-7-9-20(10-8-19)37(34,35)32-24-28-16(2)12-17(3)29-24/h4-13H,14H2,1-3H3,(H,30,33)(H,28,29,32). The molecule has 0 radical (unpaired) electrons. The van der Waals surface area contributed by atoms with E-state index in [2.05, 4.69) is 36.0 Å². The van der Waals surface area contributed by atoms with Gasteiger partial charge in [0.1, 0.15) is 0 Å². The van der Waals surface area contributed by atoms with Crippen LogP contribution in [-0.4, -0.2) is 34.3 Å². The molecule has 0 unspecified atom stereocenters. The van der Waals surface area contributed by atoms with Crippen LogP contribution < -0.4 is 10.0 Å². The van der Waals surface area contributed by atoms with Gasteiger partial charge in [-0.2, -0.15) is 0 Å². The summed E-state index contributed by atoms with van der Waals surface area (Å²) < 4.78 is 27.8. The van der Waals surface area contributed by atoms with Gasteiger partial charge < -0.3 is 5.32 Å². The fourth-order valence-electron chi connectivity index (χ4n) is 3.39. The maximum absolute atomic E-state index is 12.9. The summed E-state index contributed by atoms with van der Waals surface area (Å²) in [6.07, 6.45) is 1.39. The lowest BCUT2D eigenvalue weighted by Gasteiger charge is -2.10. The molecule has 0 atom stereocenters. The molecule has 190 valence electrons. The maximum atomic E-state index is 12.9. The van der Waals surface area contributed by atoms with Crippen LogP contribution in [0.2, 0.25) is 5.02 Å². The minimum Gasteiger partial charge on any atom is -0.321 e. The molecule has 4 rings (SSSR count). The predicted molar refractivity (Wildman–Crippen MR) is 144 cm³/mol. The van der Waals surface area contributed by atoms with E-state index in [4.69, 9.17) is 11.6 Å². The lowest BCUT2D eigenvalue weighted by molar-refractivity contribution is 0.102. The molecule has 2 aromatic carbocycles. The van der Waals surface area contributed by atoms with Gasteiger partial charge in [-0.1, -0.05) is 53.2 Å². The summed E-state index contributed by atoms with van der Waals surface area (Å²) >= 11 is 7.58. The highest BCUT2D eigenvalue weighted by molar-refractivity contribution is 7.98. The normalized spacial score (nSPS) is 11.2. The topological polar surface area (TPSA) is 127 Å². The molecule has 0 spiro atoms. The molecule has 0 saturated heterocycles. The lowest BCUT2D eigenvalue weighted by Crippen LogP contribution is -2.17. The summed E-state index contributed by atoms with van der Waals surface area (Å²) in [5.74, 6) is 0.0909. The highest BCUT2D eigenvalue weighted by Crippen LogP contribution is 2.24. The number of aryl methyl sites for hydroxylation is 3. The van der Waals surface area contributed by atoms with Crippen molar-refractivity contribution < 1.29 is 13.2 Å². The van der Waals surface area contributed by atoms with Crippen molar-refractivity contribution in [1.82, 2.24) is 19.9 Å². The first-order valence-electron chi connectivity index (χ1n) is 11.1. The number of nitrogens with zero attached hydrogens (tertiary/aromatic N) is 4. The smallest absolute Gasteiger partial charge is 0.275 e. The Morgan fingerprint density at radius 2 is 1.68 bits per heavy atom. The minimum absolute atomic E-state index is 0.00986. The van der Waals surface area contributed by atoms with E-state index in [1.54, 1.807) is 19.9 Å². The molecule has 0 aliphatic rings. The summed E-state index contributed by atoms with van der Waals surface area (Å²) in [4.78, 5) is 29.6. The number of aromatic nitrogens is 4. The number of halogens is 1. The van der Waals surface area contributed by atoms with Gasteiger partial charge in [-0.05, 0) is 56.7 Å². The molecular formula is C25H23ClN6O3S2. The number of carbonyl (C=O) groups is 1. The van der Waals surface area contributed by atoms with Crippen LogP contribution in [0, 0.1) is 20.8 Å². The molecule has 2 aromatic heterocycles. The molecule has 9 nitrogen and oxygen atoms in total. The number of hydrogen-bond donors (Lipinski definition) is 2. The third-order valence-corrected chi connectivity index (χ3v) is 7.57. The van der Waals surface area contributed by atoms with E-state index in [1.807, 2.05) is 25.1 Å². The molecular weight excluding hydrogens is 532 g/mol. The number of benzene rings is 2. The van der Waals surface area contributed by atoms with Crippen LogP contribution in [0.1, 0.15) is 33.0 Å². The predicted octanol–water partition coefficient (Wildman–Crippen LogP) is 5.19. The quantitative estimate of drug-likeness (QED) is 0.225. The van der Waals surface area contributed by atoms with Crippen molar-refractivity contribution in [2.45, 2.75) is 36.6 Å². The molecule has 1 amide bonds. The van der Waals surface area contributed by atoms with Crippen LogP contribution in [0.3, 0.4) is 0 Å². The van der Waals surface area contributed by atoms with E-state index in [0.29, 0.717) is 28.0 Å². The number of carbonyl (C=O) groups excluding carboxylic acids is 1. The van der Waals surface area contributed by atoms with Crippen molar-refractivity contribution in [2.24, 2.45) is 0 Å². The van der Waals surface area contributed by atoms with Gasteiger partial charge in [0.05, 0.1) is 16.1 Å². The third kappa shape index (κ3) is 7.03. The van der Waals surface area contributed by atoms with Crippen molar-refractivity contribution in [1.29, 1.82) is 0 Å². The fraction of sp³-hybridized carbons (Fsp3) is 0.160. The molecule has 0 aliphatic carbocycles. The third-order valence-electron chi connectivity index (χ3n) is 5.02. The number of nitrogens with one attached hydrogen (secondary N) is 2. The Morgan fingerprint density at radius 3 is 2.35 bits per heavy atom. The number of sulfonamides is 1. The van der Waals surface area contributed by atoms with E-state index in [-0.39, 0.29) is 21.6 Å². The van der Waals surface area contributed by atoms with E-state index in [0.717, 1.165) is 11.1 Å². The Morgan fingerprint density at radius 1 is 0.973 bits per heavy atom. The van der Waals surface area contributed by atoms with Gasteiger partial charge in [0, 0.05) is 22.8 Å². The second-order valence-corrected chi connectivity index (χ2v) is 11.2. The molecule has 12 heteroatoms. The summed E-state index contributed by atoms with van der Waals surface area (Å²) in [5.41, 5.74) is 3.95. The average Bonchev–Trinajstić information content (AvgIpc) is 2.83. The number of anilines is 2. The summed E-state index contributed by atoms with van der Waals surface area (Å²) in [5, 5.41) is 3.21. The van der Waals surface area contributed by atoms with E-state index in [1.165, 1.54) is 42.2 Å². The molecule has 37 heavy (non-hydrogen) atoms. The highest BCUT2D eigenvalue weighted by atomic mass is 35.5. The zero-order chi connectivity index (χ0) is 26.6. The van der Waals surface area contributed by atoms with Crippen molar-refractivity contribution in [3.05, 3.63) is 94.0 Å². The van der Waals surface area contributed by atoms with Crippen molar-refractivity contribution in [3.8, 4) is 0 Å². The van der Waals surface area contributed by atoms with Crippen LogP contribution in [0.4, 0.5) is 11.6 Å². The SMILES string of the molecule is Cc1cccc(CSc2ncc(Cl)c(C(=O)Nc3ccc(S(=O)(=O)Nc4nc(C)cc(C)n4)cc3)n2)c1. The second-order valence-electron chi connectivity index (χ2n) is 8.19. The molecule has 2 N–H and O–H groups in total. The fourth-order valence-corrected chi connectivity index (χ4v) is 5.27. The maximum Gasteiger partial charge on any atom is 0.275 e. The van der Waals surface area contributed by atoms with E-state index < -0.39 is 15.9 Å². The largest absolute Gasteiger partial charge is 0.321 e. The van der Waals surface area contributed by atoms with Crippen LogP contribution in [0.25, 0.3) is 0 Å². The summed E-state index contributed by atoms with van der Waals surface area (Å²) in [6.45, 7) is 5.52. The molecule has 2 heterocycles. The van der Waals surface area contributed by atoms with Crippen LogP contribution in [0.15, 0.2) is 70.8 Å². The highest BCUT2D eigenvalue weighted by Gasteiger charge is 2.18. The molecule has 0 aliphatic heterocycles. The minimum atomic E-state index is -3.92. The first-order chi connectivity index (χ1) is 17.6. The van der Waals surface area contributed by atoms with Crippen LogP contribution in [-0.2, 0) is 15.8 Å². The zero-order valence-corrected chi connectivity index (χ0v) is 22.6. The Kier molecular flexibility index (Phi) is 8.06. The van der Waals surface area contributed by atoms with Gasteiger partial charge in [0.25, 0.3) is 15.9 Å². The first kappa shape index (κ1) is 26.5. The molecule has 0 saturated carbocycles. The number of thioether (sulfide) groups is 1. The molecule has 0 bridgehead atoms. The molecule has 0 fully saturated rings. The Labute approximate surface area is 224 Å². The lowest BCUT2D eigenvalue weighted by atomic mass is 10.2. The molecule has 4 aromatic rings. The van der Waals surface area contributed by atoms with Crippen molar-refractivity contribution in [2.75, 3.05) is 10.0 Å². The van der Waals surface area contributed by atoms with Gasteiger partial charge in [0.2, 0.25) is 5.95 Å². The summed E-state index contributed by atoms with van der Waals surface area (Å²) in [7, 11) is -3.92. The van der Waals surface area contributed by atoms with Gasteiger partial charge in [-0.3, -0.25) is 4.79 Å². The number of hydrogen-bond acceptors (Lipinski definition) is 8. The van der Waals surface area contributed by atoms with Crippen molar-refractivity contribution in [3.63, 3.8) is 0 Å². The van der Waals surface area contributed by atoms with Crippen LogP contribution in [0.5, 0.6) is 0 Å². The average molecular weight is 555 g/mol. The van der Waals surface area contributed by atoms with Gasteiger partial charge in [-0.25, -0.2) is 33.1 Å². The van der Waals surface area contributed by atoms with Gasteiger partial charge in [-0.15, -0.1) is 0 Å². The Balaban J connectivity index is 1.44. The van der Waals surface area contributed by atoms with E-state index in [9.17, 15) is 13.2 Å². The zero-order valence-electron chi connectivity index (χ0n) is 20.2. The Hall–Kier alpha value is -3.54. The first-order valence-corrected chi connectivity index (χ1v) is 13.9. The van der Waals surface area contributed by atoms with Crippen LogP contribution >= 0.6 is 23.4 Å². The number of rotatable bonds is 8. The van der Waals surface area contributed by atoms with Gasteiger partial charge in [0.15, 0.2) is 10.9 Å². The van der Waals surface area contributed by atoms with Crippen molar-refractivity contribution >= 4 is 50.9 Å². The summed E-state index contributed by atoms with van der Waals surface area (Å²) in [6, 6.07) is 15.5. The Bertz CT molecular complexity index is 1540. The van der Waals surface area contributed by atoms with E-state index >= 15 is 0 Å². The second kappa shape index (κ2) is 11.2. The monoisotopic (exact) mass is 554 g/mol.